The molecular weight excluding hydrogens is 238 g/mol. The summed E-state index contributed by atoms with van der Waals surface area (Å²) < 4.78 is 0. The minimum atomic E-state index is 0.294. The van der Waals surface area contributed by atoms with Crippen LogP contribution in [-0.4, -0.2) is 57.3 Å². The molecule has 10 radical (unpaired) electrons. The normalized spacial score (nSPS) is 15.5. The second kappa shape index (κ2) is 4.96. The standard InChI is InChI=1S/C13H9B5N2/c14-8-7-6(5-1-3-19-4-2-5)13(18)20-12(7)11(17)10(16)9(8)15/h1,19-20H,2-4H2. The van der Waals surface area contributed by atoms with Crippen LogP contribution in [0.1, 0.15) is 12.0 Å². The Balaban J connectivity index is 2.38. The Morgan fingerprint density at radius 2 is 1.60 bits per heavy atom. The van der Waals surface area contributed by atoms with Gasteiger partial charge in [0, 0.05) is 12.1 Å². The van der Waals surface area contributed by atoms with E-state index in [2.05, 4.69) is 16.4 Å². The molecular formula is C13H9B5N2. The van der Waals surface area contributed by atoms with E-state index < -0.39 is 0 Å². The molecule has 2 heterocycles. The molecule has 2 aromatic rings. The van der Waals surface area contributed by atoms with Crippen LogP contribution in [0.3, 0.4) is 0 Å². The zero-order chi connectivity index (χ0) is 14.4. The first-order valence-electron chi connectivity index (χ1n) is 6.45. The summed E-state index contributed by atoms with van der Waals surface area (Å²) in [5, 5.41) is 4.03. The molecule has 3 rings (SSSR count). The number of fused-ring (bicyclic) bond motifs is 1. The Kier molecular flexibility index (Phi) is 3.41. The van der Waals surface area contributed by atoms with Gasteiger partial charge in [0.2, 0.25) is 0 Å². The van der Waals surface area contributed by atoms with Crippen LogP contribution in [0.25, 0.3) is 16.5 Å². The zero-order valence-electron chi connectivity index (χ0n) is 11.1. The Labute approximate surface area is 125 Å². The molecule has 1 aromatic carbocycles. The van der Waals surface area contributed by atoms with Crippen molar-refractivity contribution in [1.29, 1.82) is 0 Å². The summed E-state index contributed by atoms with van der Waals surface area (Å²) in [5.41, 5.74) is 4.64. The van der Waals surface area contributed by atoms with Crippen molar-refractivity contribution in [2.45, 2.75) is 6.42 Å². The van der Waals surface area contributed by atoms with Gasteiger partial charge in [0.05, 0.1) is 0 Å². The summed E-state index contributed by atoms with van der Waals surface area (Å²) in [7, 11) is 30.1. The van der Waals surface area contributed by atoms with Crippen LogP contribution in [0, 0.1) is 0 Å². The van der Waals surface area contributed by atoms with Gasteiger partial charge in [0.25, 0.3) is 0 Å². The number of nitrogens with one attached hydrogen (secondary N) is 2. The average molecular weight is 247 g/mol. The van der Waals surface area contributed by atoms with Gasteiger partial charge in [-0.3, -0.25) is 0 Å². The van der Waals surface area contributed by atoms with Crippen LogP contribution in [0.15, 0.2) is 6.08 Å². The van der Waals surface area contributed by atoms with Crippen LogP contribution >= 0.6 is 0 Å². The minimum Gasteiger partial charge on any atom is -0.368 e. The molecule has 0 fully saturated rings. The van der Waals surface area contributed by atoms with Crippen molar-refractivity contribution in [1.82, 2.24) is 10.3 Å². The number of aromatic amines is 1. The molecule has 1 aliphatic heterocycles. The number of H-pyrrole nitrogens is 1. The third kappa shape index (κ3) is 1.91. The number of hydrogen-bond acceptors (Lipinski definition) is 1. The molecule has 1 aliphatic rings. The smallest absolute Gasteiger partial charge is 0.139 e. The Morgan fingerprint density at radius 1 is 0.900 bits per heavy atom. The van der Waals surface area contributed by atoms with Gasteiger partial charge in [0.1, 0.15) is 39.2 Å². The van der Waals surface area contributed by atoms with Gasteiger partial charge in [-0.2, -0.15) is 0 Å². The molecule has 20 heavy (non-hydrogen) atoms. The van der Waals surface area contributed by atoms with Crippen LogP contribution in [0.4, 0.5) is 0 Å². The maximum Gasteiger partial charge on any atom is 0.139 e. The molecule has 0 unspecified atom stereocenters. The number of hydrogen-bond donors (Lipinski definition) is 2. The van der Waals surface area contributed by atoms with Crippen molar-refractivity contribution < 1.29 is 0 Å². The summed E-state index contributed by atoms with van der Waals surface area (Å²) in [4.78, 5) is 3.08. The number of rotatable bonds is 1. The highest BCUT2D eigenvalue weighted by Gasteiger charge is 2.18. The second-order valence-electron chi connectivity index (χ2n) is 5.00. The minimum absolute atomic E-state index is 0.294. The first kappa shape index (κ1) is 13.8. The fourth-order valence-corrected chi connectivity index (χ4v) is 2.73. The van der Waals surface area contributed by atoms with Crippen molar-refractivity contribution >= 4 is 83.2 Å². The van der Waals surface area contributed by atoms with Crippen LogP contribution in [-0.2, 0) is 0 Å². The van der Waals surface area contributed by atoms with E-state index in [1.165, 1.54) is 0 Å². The third-order valence-corrected chi connectivity index (χ3v) is 3.82. The molecule has 2 nitrogen and oxygen atoms in total. The quantitative estimate of drug-likeness (QED) is 0.503. The van der Waals surface area contributed by atoms with Crippen molar-refractivity contribution in [3.63, 3.8) is 0 Å². The molecule has 7 heteroatoms. The van der Waals surface area contributed by atoms with Crippen molar-refractivity contribution in [3.05, 3.63) is 11.6 Å². The highest BCUT2D eigenvalue weighted by molar-refractivity contribution is 6.67. The molecule has 86 valence electrons. The Morgan fingerprint density at radius 3 is 2.25 bits per heavy atom. The van der Waals surface area contributed by atoms with Gasteiger partial charge in [-0.1, -0.05) is 17.0 Å². The second-order valence-corrected chi connectivity index (χ2v) is 5.00. The van der Waals surface area contributed by atoms with E-state index in [1.807, 2.05) is 0 Å². The maximum absolute atomic E-state index is 6.13. The van der Waals surface area contributed by atoms with E-state index in [9.17, 15) is 0 Å². The molecule has 0 saturated carbocycles. The highest BCUT2D eigenvalue weighted by atomic mass is 14.8. The molecule has 0 amide bonds. The van der Waals surface area contributed by atoms with E-state index in [-0.39, 0.29) is 0 Å². The third-order valence-electron chi connectivity index (χ3n) is 3.82. The van der Waals surface area contributed by atoms with E-state index in [1.54, 1.807) is 0 Å². The lowest BCUT2D eigenvalue weighted by atomic mass is 9.65. The van der Waals surface area contributed by atoms with Crippen molar-refractivity contribution in [2.75, 3.05) is 13.1 Å². The van der Waals surface area contributed by atoms with Gasteiger partial charge in [-0.25, -0.2) is 0 Å². The summed E-state index contributed by atoms with van der Waals surface area (Å²) in [5.74, 6) is 0. The van der Waals surface area contributed by atoms with Crippen molar-refractivity contribution in [2.24, 2.45) is 0 Å². The van der Waals surface area contributed by atoms with Crippen molar-refractivity contribution in [3.8, 4) is 0 Å². The highest BCUT2D eigenvalue weighted by Crippen LogP contribution is 2.23. The van der Waals surface area contributed by atoms with Crippen LogP contribution in [0.5, 0.6) is 0 Å². The maximum atomic E-state index is 6.13. The van der Waals surface area contributed by atoms with Gasteiger partial charge in [-0.05, 0) is 35.1 Å². The molecule has 0 spiro atoms. The zero-order valence-corrected chi connectivity index (χ0v) is 11.1. The lowest BCUT2D eigenvalue weighted by Crippen LogP contribution is -2.47. The largest absolute Gasteiger partial charge is 0.368 e. The molecule has 0 aliphatic carbocycles. The predicted molar refractivity (Wildman–Crippen MR) is 90.7 cm³/mol. The van der Waals surface area contributed by atoms with Gasteiger partial charge in [0.15, 0.2) is 0 Å². The fourth-order valence-electron chi connectivity index (χ4n) is 2.73. The predicted octanol–water partition coefficient (Wildman–Crippen LogP) is -3.49. The summed E-state index contributed by atoms with van der Waals surface area (Å²) in [6.07, 6.45) is 2.98. The topological polar surface area (TPSA) is 27.8 Å². The first-order valence-corrected chi connectivity index (χ1v) is 6.45. The number of aromatic nitrogens is 1. The Bertz CT molecular complexity index is 732. The molecule has 0 saturated heterocycles. The number of benzene rings is 1. The SMILES string of the molecule is [B]c1[nH]c2c([B])c([B])c([B])c([B])c2c1C1=CCNCC1. The van der Waals surface area contributed by atoms with Gasteiger partial charge in [-0.15, -0.1) is 10.9 Å². The van der Waals surface area contributed by atoms with Gasteiger partial charge < -0.3 is 10.3 Å². The van der Waals surface area contributed by atoms with E-state index in [4.69, 9.17) is 39.2 Å². The molecule has 0 atom stereocenters. The average Bonchev–Trinajstić information content (AvgIpc) is 2.81. The molecule has 1 aromatic heterocycles. The molecule has 2 N–H and O–H groups in total. The summed E-state index contributed by atoms with van der Waals surface area (Å²) in [6, 6.07) is 0. The summed E-state index contributed by atoms with van der Waals surface area (Å²) >= 11 is 0. The lowest BCUT2D eigenvalue weighted by molar-refractivity contribution is 0.739. The van der Waals surface area contributed by atoms with Gasteiger partial charge >= 0.3 is 0 Å². The van der Waals surface area contributed by atoms with E-state index in [0.29, 0.717) is 33.0 Å². The first-order chi connectivity index (χ1) is 9.52. The van der Waals surface area contributed by atoms with Crippen LogP contribution in [0.2, 0.25) is 0 Å². The fraction of sp³-hybridized carbons (Fsp3) is 0.231. The lowest BCUT2D eigenvalue weighted by Gasteiger charge is -2.18. The monoisotopic (exact) mass is 248 g/mol. The van der Waals surface area contributed by atoms with E-state index >= 15 is 0 Å². The van der Waals surface area contributed by atoms with E-state index in [0.717, 1.165) is 36.0 Å². The summed E-state index contributed by atoms with van der Waals surface area (Å²) in [6.45, 7) is 1.71. The molecule has 0 bridgehead atoms. The van der Waals surface area contributed by atoms with Crippen LogP contribution < -0.4 is 32.8 Å². The Hall–Kier alpha value is -1.22.